The number of aromatic amines is 1. The normalized spacial score (nSPS) is 17.4. The molecule has 9 heteroatoms. The first-order valence-corrected chi connectivity index (χ1v) is 11.1. The Morgan fingerprint density at radius 2 is 2.07 bits per heavy atom. The van der Waals surface area contributed by atoms with E-state index in [0.717, 1.165) is 36.0 Å². The number of piperidine rings is 1. The van der Waals surface area contributed by atoms with Crippen molar-refractivity contribution >= 4 is 21.6 Å². The van der Waals surface area contributed by atoms with Gasteiger partial charge in [-0.3, -0.25) is 14.6 Å². The first-order valence-electron chi connectivity index (χ1n) is 9.22. The van der Waals surface area contributed by atoms with E-state index in [2.05, 4.69) is 14.9 Å². The number of hydrogen-bond acceptors (Lipinski definition) is 5. The number of sulfonamides is 1. The number of para-hydroxylation sites is 1. The van der Waals surface area contributed by atoms with Crippen molar-refractivity contribution in [3.8, 4) is 5.75 Å². The number of hydrogen-bond donors (Lipinski definition) is 2. The molecule has 28 heavy (non-hydrogen) atoms. The van der Waals surface area contributed by atoms with Gasteiger partial charge < -0.3 is 9.64 Å². The Morgan fingerprint density at radius 3 is 2.75 bits per heavy atom. The van der Waals surface area contributed by atoms with E-state index in [1.165, 1.54) is 6.20 Å². The number of anilines is 1. The van der Waals surface area contributed by atoms with Gasteiger partial charge in [-0.25, -0.2) is 8.42 Å². The lowest BCUT2D eigenvalue weighted by Gasteiger charge is -2.32. The van der Waals surface area contributed by atoms with Crippen LogP contribution in [0.3, 0.4) is 0 Å². The maximum atomic E-state index is 12.7. The molecule has 2 N–H and O–H groups in total. The number of H-pyrrole nitrogens is 1. The third kappa shape index (κ3) is 4.83. The fourth-order valence-corrected chi connectivity index (χ4v) is 4.14. The molecule has 1 aromatic heterocycles. The SMILES string of the molecule is Cc1cccc(C)c1OCC(=O)N1CCC[C@@H](c2[nH]ncc2NS(C)(=O)=O)C1. The third-order valence-corrected chi connectivity index (χ3v) is 5.49. The molecule has 0 unspecified atom stereocenters. The Kier molecular flexibility index (Phi) is 5.93. The van der Waals surface area contributed by atoms with Crippen molar-refractivity contribution in [2.24, 2.45) is 0 Å². The molecule has 1 aliphatic rings. The molecule has 1 aliphatic heterocycles. The van der Waals surface area contributed by atoms with Crippen LogP contribution in [0.1, 0.15) is 35.6 Å². The van der Waals surface area contributed by atoms with E-state index < -0.39 is 10.0 Å². The van der Waals surface area contributed by atoms with Crippen molar-refractivity contribution in [3.05, 3.63) is 41.2 Å². The van der Waals surface area contributed by atoms with Gasteiger partial charge in [-0.05, 0) is 37.8 Å². The fraction of sp³-hybridized carbons (Fsp3) is 0.474. The lowest BCUT2D eigenvalue weighted by Crippen LogP contribution is -2.41. The highest BCUT2D eigenvalue weighted by Gasteiger charge is 2.28. The molecule has 1 aromatic carbocycles. The van der Waals surface area contributed by atoms with E-state index in [-0.39, 0.29) is 18.4 Å². The number of benzene rings is 1. The smallest absolute Gasteiger partial charge is 0.260 e. The molecule has 0 spiro atoms. The molecule has 0 radical (unpaired) electrons. The van der Waals surface area contributed by atoms with Crippen LogP contribution in [-0.2, 0) is 14.8 Å². The number of aryl methyl sites for hydroxylation is 2. The highest BCUT2D eigenvalue weighted by molar-refractivity contribution is 7.92. The van der Waals surface area contributed by atoms with Crippen molar-refractivity contribution < 1.29 is 17.9 Å². The fourth-order valence-electron chi connectivity index (χ4n) is 3.58. The highest BCUT2D eigenvalue weighted by atomic mass is 32.2. The van der Waals surface area contributed by atoms with Gasteiger partial charge in [0.1, 0.15) is 5.75 Å². The van der Waals surface area contributed by atoms with Gasteiger partial charge in [0.15, 0.2) is 6.61 Å². The number of carbonyl (C=O) groups excluding carboxylic acids is 1. The molecule has 1 saturated heterocycles. The molecule has 0 saturated carbocycles. The van der Waals surface area contributed by atoms with E-state index in [1.807, 2.05) is 32.0 Å². The molecular formula is C19H26N4O4S. The number of carbonyl (C=O) groups is 1. The Balaban J connectivity index is 1.65. The van der Waals surface area contributed by atoms with Gasteiger partial charge in [-0.2, -0.15) is 5.10 Å². The van der Waals surface area contributed by atoms with Gasteiger partial charge in [-0.15, -0.1) is 0 Å². The zero-order chi connectivity index (χ0) is 20.3. The van der Waals surface area contributed by atoms with Crippen LogP contribution < -0.4 is 9.46 Å². The Morgan fingerprint density at radius 1 is 1.36 bits per heavy atom. The maximum Gasteiger partial charge on any atom is 0.260 e. The van der Waals surface area contributed by atoms with E-state index in [1.54, 1.807) is 4.90 Å². The minimum Gasteiger partial charge on any atom is -0.483 e. The zero-order valence-electron chi connectivity index (χ0n) is 16.4. The predicted molar refractivity (Wildman–Crippen MR) is 107 cm³/mol. The van der Waals surface area contributed by atoms with E-state index >= 15 is 0 Å². The minimum atomic E-state index is -3.40. The molecule has 1 amide bonds. The number of likely N-dealkylation sites (tertiary alicyclic amines) is 1. The molecule has 0 aliphatic carbocycles. The first kappa shape index (κ1) is 20.2. The van der Waals surface area contributed by atoms with Crippen molar-refractivity contribution in [3.63, 3.8) is 0 Å². The molecule has 2 aromatic rings. The van der Waals surface area contributed by atoms with Crippen LogP contribution in [0.2, 0.25) is 0 Å². The summed E-state index contributed by atoms with van der Waals surface area (Å²) in [6.07, 6.45) is 4.24. The molecule has 1 fully saturated rings. The van der Waals surface area contributed by atoms with E-state index in [9.17, 15) is 13.2 Å². The summed E-state index contributed by atoms with van der Waals surface area (Å²) in [5, 5.41) is 6.85. The standard InChI is InChI=1S/C19H26N4O4S/c1-13-6-4-7-14(2)19(13)27-12-17(24)23-9-5-8-15(11-23)18-16(10-20-21-18)22-28(3,25)26/h4,6-7,10,15,22H,5,8-9,11-12H2,1-3H3,(H,20,21)/t15-/m1/s1. The van der Waals surface area contributed by atoms with Crippen molar-refractivity contribution in [1.82, 2.24) is 15.1 Å². The monoisotopic (exact) mass is 406 g/mol. The summed E-state index contributed by atoms with van der Waals surface area (Å²) in [6.45, 7) is 5.05. The van der Waals surface area contributed by atoms with Crippen LogP contribution in [0, 0.1) is 13.8 Å². The Labute approximate surface area is 165 Å². The average molecular weight is 407 g/mol. The second-order valence-electron chi connectivity index (χ2n) is 7.26. The molecule has 3 rings (SSSR count). The van der Waals surface area contributed by atoms with Gasteiger partial charge in [0, 0.05) is 19.0 Å². The molecule has 152 valence electrons. The molecular weight excluding hydrogens is 380 g/mol. The summed E-state index contributed by atoms with van der Waals surface area (Å²) in [6, 6.07) is 5.87. The van der Waals surface area contributed by atoms with Crippen LogP contribution >= 0.6 is 0 Å². The maximum absolute atomic E-state index is 12.7. The highest BCUT2D eigenvalue weighted by Crippen LogP contribution is 2.31. The van der Waals surface area contributed by atoms with Crippen LogP contribution in [0.25, 0.3) is 0 Å². The van der Waals surface area contributed by atoms with Gasteiger partial charge >= 0.3 is 0 Å². The van der Waals surface area contributed by atoms with Crippen molar-refractivity contribution in [1.29, 1.82) is 0 Å². The molecule has 8 nitrogen and oxygen atoms in total. The number of rotatable bonds is 6. The van der Waals surface area contributed by atoms with Crippen LogP contribution in [0.15, 0.2) is 24.4 Å². The van der Waals surface area contributed by atoms with Gasteiger partial charge in [-0.1, -0.05) is 18.2 Å². The van der Waals surface area contributed by atoms with Gasteiger partial charge in [0.05, 0.1) is 23.8 Å². The van der Waals surface area contributed by atoms with E-state index in [0.29, 0.717) is 24.5 Å². The Hall–Kier alpha value is -2.55. The van der Waals surface area contributed by atoms with Gasteiger partial charge in [0.25, 0.3) is 5.91 Å². The van der Waals surface area contributed by atoms with Crippen LogP contribution in [0.4, 0.5) is 5.69 Å². The van der Waals surface area contributed by atoms with E-state index in [4.69, 9.17) is 4.74 Å². The topological polar surface area (TPSA) is 104 Å². The number of ether oxygens (including phenoxy) is 1. The van der Waals surface area contributed by atoms with Crippen LogP contribution in [-0.4, -0.2) is 55.4 Å². The zero-order valence-corrected chi connectivity index (χ0v) is 17.2. The van der Waals surface area contributed by atoms with Crippen molar-refractivity contribution in [2.75, 3.05) is 30.7 Å². The largest absolute Gasteiger partial charge is 0.483 e. The number of nitrogens with one attached hydrogen (secondary N) is 2. The number of aromatic nitrogens is 2. The predicted octanol–water partition coefficient (Wildman–Crippen LogP) is 2.18. The molecule has 0 bridgehead atoms. The van der Waals surface area contributed by atoms with Crippen molar-refractivity contribution in [2.45, 2.75) is 32.6 Å². The van der Waals surface area contributed by atoms with Gasteiger partial charge in [0.2, 0.25) is 10.0 Å². The summed E-state index contributed by atoms with van der Waals surface area (Å²) in [5.74, 6) is 0.659. The second kappa shape index (κ2) is 8.22. The minimum absolute atomic E-state index is 0.00959. The molecule has 1 atom stereocenters. The van der Waals surface area contributed by atoms with Crippen LogP contribution in [0.5, 0.6) is 5.75 Å². The lowest BCUT2D eigenvalue weighted by molar-refractivity contribution is -0.134. The summed E-state index contributed by atoms with van der Waals surface area (Å²) >= 11 is 0. The summed E-state index contributed by atoms with van der Waals surface area (Å²) < 4.78 is 31.4. The summed E-state index contributed by atoms with van der Waals surface area (Å²) in [7, 11) is -3.40. The second-order valence-corrected chi connectivity index (χ2v) is 9.01. The molecule has 2 heterocycles. The average Bonchev–Trinajstić information content (AvgIpc) is 3.07. The quantitative estimate of drug-likeness (QED) is 0.765. The first-order chi connectivity index (χ1) is 13.2. The lowest BCUT2D eigenvalue weighted by atomic mass is 9.94. The number of nitrogens with zero attached hydrogens (tertiary/aromatic N) is 2. The third-order valence-electron chi connectivity index (χ3n) is 4.90. The Bertz CT molecular complexity index is 934. The summed E-state index contributed by atoms with van der Waals surface area (Å²) in [5.41, 5.74) is 3.14. The summed E-state index contributed by atoms with van der Waals surface area (Å²) in [4.78, 5) is 14.5. The number of amides is 1.